The fraction of sp³-hybridized carbons (Fsp3) is 0.294. The minimum atomic E-state index is -0.616. The number of ether oxygens (including phenoxy) is 2. The van der Waals surface area contributed by atoms with Gasteiger partial charge in [0.15, 0.2) is 5.79 Å². The minimum absolute atomic E-state index is 0.616. The van der Waals surface area contributed by atoms with Crippen molar-refractivity contribution in [1.29, 1.82) is 0 Å². The molecular formula is C17H17BrO2. The van der Waals surface area contributed by atoms with Crippen LogP contribution < -0.4 is 0 Å². The summed E-state index contributed by atoms with van der Waals surface area (Å²) in [5.41, 5.74) is 3.62. The van der Waals surface area contributed by atoms with Crippen LogP contribution in [0.25, 0.3) is 0 Å². The maximum atomic E-state index is 5.74. The van der Waals surface area contributed by atoms with Crippen LogP contribution in [0.1, 0.15) is 23.6 Å². The molecule has 1 fully saturated rings. The van der Waals surface area contributed by atoms with Crippen molar-refractivity contribution >= 4 is 15.9 Å². The third-order valence-corrected chi connectivity index (χ3v) is 4.03. The van der Waals surface area contributed by atoms with E-state index in [1.165, 1.54) is 11.1 Å². The van der Waals surface area contributed by atoms with E-state index in [2.05, 4.69) is 58.4 Å². The smallest absolute Gasteiger partial charge is 0.192 e. The van der Waals surface area contributed by atoms with E-state index in [0.29, 0.717) is 13.2 Å². The Morgan fingerprint density at radius 3 is 2.40 bits per heavy atom. The van der Waals surface area contributed by atoms with Crippen molar-refractivity contribution in [3.63, 3.8) is 0 Å². The Morgan fingerprint density at radius 2 is 1.70 bits per heavy atom. The summed E-state index contributed by atoms with van der Waals surface area (Å²) >= 11 is 3.59. The third kappa shape index (κ3) is 2.95. The van der Waals surface area contributed by atoms with Gasteiger partial charge in [-0.05, 0) is 36.6 Å². The molecule has 0 saturated carbocycles. The predicted octanol–water partition coefficient (Wildman–Crippen LogP) is 4.26. The highest BCUT2D eigenvalue weighted by Gasteiger charge is 2.33. The van der Waals surface area contributed by atoms with Gasteiger partial charge in [0.05, 0.1) is 13.2 Å². The van der Waals surface area contributed by atoms with Crippen LogP contribution in [0.2, 0.25) is 0 Å². The molecule has 0 unspecified atom stereocenters. The van der Waals surface area contributed by atoms with E-state index in [9.17, 15) is 0 Å². The average molecular weight is 333 g/mol. The SMILES string of the molecule is CC1(c2cc(Br)cc(Cc3ccccc3)c2)OCCO1. The van der Waals surface area contributed by atoms with Crippen LogP contribution in [-0.4, -0.2) is 13.2 Å². The van der Waals surface area contributed by atoms with Crippen LogP contribution in [0.3, 0.4) is 0 Å². The highest BCUT2D eigenvalue weighted by molar-refractivity contribution is 9.10. The fourth-order valence-corrected chi connectivity index (χ4v) is 3.07. The Labute approximate surface area is 127 Å². The first-order valence-corrected chi connectivity index (χ1v) is 7.57. The van der Waals surface area contributed by atoms with Crippen molar-refractivity contribution in [3.05, 3.63) is 69.7 Å². The molecule has 104 valence electrons. The summed E-state index contributed by atoms with van der Waals surface area (Å²) in [6.07, 6.45) is 0.906. The molecule has 3 heteroatoms. The molecule has 0 aromatic heterocycles. The topological polar surface area (TPSA) is 18.5 Å². The number of halogens is 1. The first-order chi connectivity index (χ1) is 9.66. The van der Waals surface area contributed by atoms with Gasteiger partial charge in [-0.15, -0.1) is 0 Å². The van der Waals surface area contributed by atoms with Gasteiger partial charge in [0.2, 0.25) is 0 Å². The molecule has 0 N–H and O–H groups in total. The minimum Gasteiger partial charge on any atom is -0.344 e. The zero-order chi connectivity index (χ0) is 14.0. The number of benzene rings is 2. The summed E-state index contributed by atoms with van der Waals surface area (Å²) in [7, 11) is 0. The largest absolute Gasteiger partial charge is 0.344 e. The maximum Gasteiger partial charge on any atom is 0.192 e. The second kappa shape index (κ2) is 5.68. The van der Waals surface area contributed by atoms with Crippen LogP contribution in [0.5, 0.6) is 0 Å². The van der Waals surface area contributed by atoms with E-state index < -0.39 is 5.79 Å². The predicted molar refractivity (Wildman–Crippen MR) is 82.6 cm³/mol. The van der Waals surface area contributed by atoms with Crippen molar-refractivity contribution in [2.75, 3.05) is 13.2 Å². The highest BCUT2D eigenvalue weighted by Crippen LogP contribution is 2.33. The van der Waals surface area contributed by atoms with Crippen LogP contribution in [0.4, 0.5) is 0 Å². The molecule has 0 atom stereocenters. The molecular weight excluding hydrogens is 316 g/mol. The molecule has 0 radical (unpaired) electrons. The van der Waals surface area contributed by atoms with Gasteiger partial charge in [-0.3, -0.25) is 0 Å². The summed E-state index contributed by atoms with van der Waals surface area (Å²) in [6, 6.07) is 16.8. The third-order valence-electron chi connectivity index (χ3n) is 3.57. The van der Waals surface area contributed by atoms with Crippen molar-refractivity contribution < 1.29 is 9.47 Å². The summed E-state index contributed by atoms with van der Waals surface area (Å²) in [5, 5.41) is 0. The highest BCUT2D eigenvalue weighted by atomic mass is 79.9. The molecule has 2 aromatic carbocycles. The summed E-state index contributed by atoms with van der Waals surface area (Å²) in [4.78, 5) is 0. The van der Waals surface area contributed by atoms with Gasteiger partial charge in [-0.2, -0.15) is 0 Å². The van der Waals surface area contributed by atoms with Crippen molar-refractivity contribution in [1.82, 2.24) is 0 Å². The first kappa shape index (κ1) is 13.8. The second-order valence-electron chi connectivity index (χ2n) is 5.15. The first-order valence-electron chi connectivity index (χ1n) is 6.77. The fourth-order valence-electron chi connectivity index (χ4n) is 2.53. The molecule has 3 rings (SSSR count). The Bertz CT molecular complexity index is 589. The Balaban J connectivity index is 1.91. The van der Waals surface area contributed by atoms with E-state index in [1.807, 2.05) is 13.0 Å². The van der Waals surface area contributed by atoms with Crippen LogP contribution in [0, 0.1) is 0 Å². The van der Waals surface area contributed by atoms with Gasteiger partial charge in [0, 0.05) is 10.0 Å². The van der Waals surface area contributed by atoms with Gasteiger partial charge < -0.3 is 9.47 Å². The second-order valence-corrected chi connectivity index (χ2v) is 6.07. The number of hydrogen-bond acceptors (Lipinski definition) is 2. The average Bonchev–Trinajstić information content (AvgIpc) is 2.88. The van der Waals surface area contributed by atoms with Gasteiger partial charge in [0.25, 0.3) is 0 Å². The zero-order valence-corrected chi connectivity index (χ0v) is 13.0. The van der Waals surface area contributed by atoms with Crippen LogP contribution in [-0.2, 0) is 21.7 Å². The Hall–Kier alpha value is -1.16. The summed E-state index contributed by atoms with van der Waals surface area (Å²) in [5.74, 6) is -0.616. The van der Waals surface area contributed by atoms with Crippen molar-refractivity contribution in [2.45, 2.75) is 19.1 Å². The molecule has 1 saturated heterocycles. The van der Waals surface area contributed by atoms with E-state index >= 15 is 0 Å². The van der Waals surface area contributed by atoms with Crippen molar-refractivity contribution in [3.8, 4) is 0 Å². The monoisotopic (exact) mass is 332 g/mol. The lowest BCUT2D eigenvalue weighted by molar-refractivity contribution is -0.149. The van der Waals surface area contributed by atoms with E-state index in [-0.39, 0.29) is 0 Å². The zero-order valence-electron chi connectivity index (χ0n) is 11.4. The molecule has 0 aliphatic carbocycles. The van der Waals surface area contributed by atoms with Crippen molar-refractivity contribution in [2.24, 2.45) is 0 Å². The molecule has 1 aliphatic rings. The standard InChI is InChI=1S/C17H17BrO2/c1-17(19-7-8-20-17)15-10-14(11-16(18)12-15)9-13-5-3-2-4-6-13/h2-6,10-12H,7-9H2,1H3. The molecule has 1 heterocycles. The lowest BCUT2D eigenvalue weighted by atomic mass is 9.99. The molecule has 2 aromatic rings. The number of rotatable bonds is 3. The van der Waals surface area contributed by atoms with E-state index in [0.717, 1.165) is 16.5 Å². The van der Waals surface area contributed by atoms with Crippen LogP contribution >= 0.6 is 15.9 Å². The van der Waals surface area contributed by atoms with Gasteiger partial charge in [0.1, 0.15) is 0 Å². The Kier molecular flexibility index (Phi) is 3.92. The molecule has 1 aliphatic heterocycles. The normalized spacial score (nSPS) is 17.3. The maximum absolute atomic E-state index is 5.74. The quantitative estimate of drug-likeness (QED) is 0.836. The summed E-state index contributed by atoms with van der Waals surface area (Å²) < 4.78 is 12.5. The molecule has 0 amide bonds. The summed E-state index contributed by atoms with van der Waals surface area (Å²) in [6.45, 7) is 3.28. The van der Waals surface area contributed by atoms with E-state index in [4.69, 9.17) is 9.47 Å². The van der Waals surface area contributed by atoms with E-state index in [1.54, 1.807) is 0 Å². The molecule has 0 spiro atoms. The molecule has 20 heavy (non-hydrogen) atoms. The number of hydrogen-bond donors (Lipinski definition) is 0. The van der Waals surface area contributed by atoms with Gasteiger partial charge >= 0.3 is 0 Å². The molecule has 0 bridgehead atoms. The Morgan fingerprint density at radius 1 is 1.00 bits per heavy atom. The van der Waals surface area contributed by atoms with Gasteiger partial charge in [-0.25, -0.2) is 0 Å². The lowest BCUT2D eigenvalue weighted by Gasteiger charge is -2.23. The lowest BCUT2D eigenvalue weighted by Crippen LogP contribution is -2.22. The van der Waals surface area contributed by atoms with Gasteiger partial charge in [-0.1, -0.05) is 52.3 Å². The van der Waals surface area contributed by atoms with Crippen LogP contribution in [0.15, 0.2) is 53.0 Å². The molecule has 2 nitrogen and oxygen atoms in total.